The van der Waals surface area contributed by atoms with E-state index in [1.54, 1.807) is 0 Å². The number of aliphatic hydroxyl groups excluding tert-OH is 1. The predicted octanol–water partition coefficient (Wildman–Crippen LogP) is -1.44. The fourth-order valence-electron chi connectivity index (χ4n) is 2.08. The lowest BCUT2D eigenvalue weighted by Gasteiger charge is -2.35. The molecule has 1 fully saturated rings. The normalized spacial score (nSPS) is 20.1. The van der Waals surface area contributed by atoms with Gasteiger partial charge >= 0.3 is 5.97 Å². The van der Waals surface area contributed by atoms with Crippen LogP contribution in [0.1, 0.15) is 12.8 Å². The molecule has 0 aromatic rings. The largest absolute Gasteiger partial charge is 0.479 e. The average Bonchev–Trinajstić information content (AvgIpc) is 2.36. The molecule has 7 heteroatoms. The van der Waals surface area contributed by atoms with Gasteiger partial charge in [-0.3, -0.25) is 4.79 Å². The van der Waals surface area contributed by atoms with E-state index in [0.717, 1.165) is 13.1 Å². The van der Waals surface area contributed by atoms with Crippen LogP contribution in [0, 0.1) is 5.41 Å². The number of methoxy groups -OCH3 is 1. The number of hydrogen-bond donors (Lipinski definition) is 4. The number of carbonyl (C=O) groups is 2. The topological polar surface area (TPSA) is 108 Å². The Bertz CT molecular complexity index is 296. The van der Waals surface area contributed by atoms with Gasteiger partial charge in [0.1, 0.15) is 0 Å². The van der Waals surface area contributed by atoms with E-state index in [2.05, 4.69) is 10.6 Å². The Morgan fingerprint density at radius 3 is 2.56 bits per heavy atom. The van der Waals surface area contributed by atoms with E-state index in [1.807, 2.05) is 0 Å². The van der Waals surface area contributed by atoms with Gasteiger partial charge in [0.2, 0.25) is 5.91 Å². The SMILES string of the molecule is COCC1(C(=O)NCC(O)C(=O)O)CCNCC1. The first-order chi connectivity index (χ1) is 8.52. The maximum Gasteiger partial charge on any atom is 0.334 e. The zero-order chi connectivity index (χ0) is 13.6. The summed E-state index contributed by atoms with van der Waals surface area (Å²) in [5, 5.41) is 23.3. The van der Waals surface area contributed by atoms with Gasteiger partial charge in [0.25, 0.3) is 0 Å². The molecule has 104 valence electrons. The maximum atomic E-state index is 12.1. The highest BCUT2D eigenvalue weighted by atomic mass is 16.5. The number of ether oxygens (including phenoxy) is 1. The lowest BCUT2D eigenvalue weighted by molar-refractivity contribution is -0.147. The minimum atomic E-state index is -1.57. The van der Waals surface area contributed by atoms with E-state index in [0.29, 0.717) is 19.4 Å². The molecule has 7 nitrogen and oxygen atoms in total. The zero-order valence-corrected chi connectivity index (χ0v) is 10.4. The number of carboxylic acids is 1. The summed E-state index contributed by atoms with van der Waals surface area (Å²) in [7, 11) is 1.53. The van der Waals surface area contributed by atoms with E-state index in [-0.39, 0.29) is 12.5 Å². The molecule has 1 aliphatic rings. The lowest BCUT2D eigenvalue weighted by Crippen LogP contribution is -2.51. The summed E-state index contributed by atoms with van der Waals surface area (Å²) in [5.41, 5.74) is -0.627. The predicted molar refractivity (Wildman–Crippen MR) is 63.1 cm³/mol. The van der Waals surface area contributed by atoms with Gasteiger partial charge in [-0.05, 0) is 25.9 Å². The van der Waals surface area contributed by atoms with E-state index in [9.17, 15) is 9.59 Å². The van der Waals surface area contributed by atoms with Crippen LogP contribution in [-0.4, -0.2) is 61.5 Å². The first-order valence-corrected chi connectivity index (χ1v) is 5.91. The van der Waals surface area contributed by atoms with E-state index >= 15 is 0 Å². The van der Waals surface area contributed by atoms with Crippen molar-refractivity contribution in [3.8, 4) is 0 Å². The fourth-order valence-corrected chi connectivity index (χ4v) is 2.08. The molecule has 0 spiro atoms. The van der Waals surface area contributed by atoms with Gasteiger partial charge < -0.3 is 25.6 Å². The van der Waals surface area contributed by atoms with E-state index in [4.69, 9.17) is 14.9 Å². The maximum absolute atomic E-state index is 12.1. The second kappa shape index (κ2) is 6.67. The number of carboxylic acid groups (broad SMARTS) is 1. The Kier molecular flexibility index (Phi) is 5.52. The van der Waals surface area contributed by atoms with E-state index < -0.39 is 17.5 Å². The molecule has 1 aliphatic heterocycles. The molecule has 0 aromatic heterocycles. The van der Waals surface area contributed by atoms with Crippen molar-refractivity contribution in [2.75, 3.05) is 33.4 Å². The van der Waals surface area contributed by atoms with Crippen LogP contribution < -0.4 is 10.6 Å². The van der Waals surface area contributed by atoms with E-state index in [1.165, 1.54) is 7.11 Å². The molecular weight excluding hydrogens is 240 g/mol. The van der Waals surface area contributed by atoms with Crippen molar-refractivity contribution < 1.29 is 24.5 Å². The third-order valence-electron chi connectivity index (χ3n) is 3.20. The van der Waals surface area contributed by atoms with Crippen molar-refractivity contribution in [1.29, 1.82) is 0 Å². The first-order valence-electron chi connectivity index (χ1n) is 5.91. The number of aliphatic carboxylic acids is 1. The fraction of sp³-hybridized carbons (Fsp3) is 0.818. The van der Waals surface area contributed by atoms with Crippen molar-refractivity contribution in [2.24, 2.45) is 5.41 Å². The highest BCUT2D eigenvalue weighted by molar-refractivity contribution is 5.83. The van der Waals surface area contributed by atoms with Gasteiger partial charge in [-0.25, -0.2) is 4.79 Å². The molecule has 0 saturated carbocycles. The van der Waals surface area contributed by atoms with Crippen LogP contribution in [0.2, 0.25) is 0 Å². The standard InChI is InChI=1S/C11H20N2O5/c1-18-7-11(2-4-12-5-3-11)10(17)13-6-8(14)9(15)16/h8,12,14H,2-7H2,1H3,(H,13,17)(H,15,16). The Labute approximate surface area is 106 Å². The summed E-state index contributed by atoms with van der Waals surface area (Å²) in [5.74, 6) is -1.60. The second-order valence-corrected chi connectivity index (χ2v) is 4.53. The molecule has 0 radical (unpaired) electrons. The van der Waals surface area contributed by atoms with Gasteiger partial charge in [0, 0.05) is 7.11 Å². The monoisotopic (exact) mass is 260 g/mol. The molecule has 4 N–H and O–H groups in total. The molecule has 1 saturated heterocycles. The molecule has 0 bridgehead atoms. The van der Waals surface area contributed by atoms with Crippen LogP contribution in [-0.2, 0) is 14.3 Å². The number of hydrogen-bond acceptors (Lipinski definition) is 5. The molecule has 0 aliphatic carbocycles. The minimum absolute atomic E-state index is 0.258. The van der Waals surface area contributed by atoms with Crippen molar-refractivity contribution in [3.05, 3.63) is 0 Å². The molecule has 1 unspecified atom stereocenters. The number of piperidine rings is 1. The van der Waals surface area contributed by atoms with Gasteiger partial charge in [-0.1, -0.05) is 0 Å². The average molecular weight is 260 g/mol. The number of aliphatic hydroxyl groups is 1. The third-order valence-corrected chi connectivity index (χ3v) is 3.20. The van der Waals surface area contributed by atoms with Crippen LogP contribution in [0.25, 0.3) is 0 Å². The molecule has 18 heavy (non-hydrogen) atoms. The Hall–Kier alpha value is -1.18. The van der Waals surface area contributed by atoms with Crippen LogP contribution in [0.5, 0.6) is 0 Å². The molecule has 1 atom stereocenters. The quantitative estimate of drug-likeness (QED) is 0.466. The van der Waals surface area contributed by atoms with Gasteiger partial charge in [-0.2, -0.15) is 0 Å². The number of amides is 1. The van der Waals surface area contributed by atoms with Crippen molar-refractivity contribution in [3.63, 3.8) is 0 Å². The van der Waals surface area contributed by atoms with Gasteiger partial charge in [-0.15, -0.1) is 0 Å². The summed E-state index contributed by atoms with van der Waals surface area (Å²) in [6.45, 7) is 1.45. The lowest BCUT2D eigenvalue weighted by atomic mass is 9.78. The molecule has 1 amide bonds. The minimum Gasteiger partial charge on any atom is -0.479 e. The molecule has 0 aromatic carbocycles. The summed E-state index contributed by atoms with van der Waals surface area (Å²) in [4.78, 5) is 22.6. The molecular formula is C11H20N2O5. The smallest absolute Gasteiger partial charge is 0.334 e. The molecule has 1 heterocycles. The first kappa shape index (κ1) is 14.9. The number of carbonyl (C=O) groups excluding carboxylic acids is 1. The van der Waals surface area contributed by atoms with Crippen molar-refractivity contribution in [1.82, 2.24) is 10.6 Å². The highest BCUT2D eigenvalue weighted by Crippen LogP contribution is 2.29. The van der Waals surface area contributed by atoms with Crippen molar-refractivity contribution in [2.45, 2.75) is 18.9 Å². The number of rotatable bonds is 6. The summed E-state index contributed by atoms with van der Waals surface area (Å²) >= 11 is 0. The third kappa shape index (κ3) is 3.66. The Morgan fingerprint density at radius 1 is 1.44 bits per heavy atom. The summed E-state index contributed by atoms with van der Waals surface area (Å²) < 4.78 is 5.09. The second-order valence-electron chi connectivity index (χ2n) is 4.53. The van der Waals surface area contributed by atoms with Crippen molar-refractivity contribution >= 4 is 11.9 Å². The molecule has 1 rings (SSSR count). The van der Waals surface area contributed by atoms with Crippen LogP contribution in [0.4, 0.5) is 0 Å². The highest BCUT2D eigenvalue weighted by Gasteiger charge is 2.39. The van der Waals surface area contributed by atoms with Crippen LogP contribution >= 0.6 is 0 Å². The number of nitrogens with one attached hydrogen (secondary N) is 2. The van der Waals surface area contributed by atoms with Gasteiger partial charge in [0.15, 0.2) is 6.10 Å². The summed E-state index contributed by atoms with van der Waals surface area (Å²) in [6.07, 6.45) is -0.304. The van der Waals surface area contributed by atoms with Gasteiger partial charge in [0.05, 0.1) is 18.6 Å². The summed E-state index contributed by atoms with van der Waals surface area (Å²) in [6, 6.07) is 0. The van der Waals surface area contributed by atoms with Crippen LogP contribution in [0.3, 0.4) is 0 Å². The Morgan fingerprint density at radius 2 is 2.06 bits per heavy atom. The van der Waals surface area contributed by atoms with Crippen LogP contribution in [0.15, 0.2) is 0 Å². The Balaban J connectivity index is 2.57. The zero-order valence-electron chi connectivity index (χ0n) is 10.4.